The second-order valence-electron chi connectivity index (χ2n) is 3.29. The second kappa shape index (κ2) is 3.84. The third-order valence-electron chi connectivity index (χ3n) is 2.16. The first-order valence-electron chi connectivity index (χ1n) is 4.55. The topological polar surface area (TPSA) is 44.5 Å². The van der Waals surface area contributed by atoms with Gasteiger partial charge < -0.3 is 15.2 Å². The van der Waals surface area contributed by atoms with Crippen molar-refractivity contribution in [2.45, 2.75) is 12.5 Å². The highest BCUT2D eigenvalue weighted by Crippen LogP contribution is 2.24. The summed E-state index contributed by atoms with van der Waals surface area (Å²) in [5, 5.41) is 0. The molecule has 0 amide bonds. The van der Waals surface area contributed by atoms with E-state index >= 15 is 0 Å². The Balaban J connectivity index is 2.10. The molecule has 1 aromatic rings. The highest BCUT2D eigenvalue weighted by molar-refractivity contribution is 5.52. The molecule has 76 valence electrons. The summed E-state index contributed by atoms with van der Waals surface area (Å²) in [4.78, 5) is 0. The van der Waals surface area contributed by atoms with Crippen LogP contribution in [0.5, 0.6) is 5.75 Å². The average molecular weight is 197 g/mol. The fourth-order valence-corrected chi connectivity index (χ4v) is 1.40. The van der Waals surface area contributed by atoms with Crippen LogP contribution < -0.4 is 10.5 Å². The third kappa shape index (κ3) is 1.96. The summed E-state index contributed by atoms with van der Waals surface area (Å²) >= 11 is 0. The molecule has 1 heterocycles. The van der Waals surface area contributed by atoms with Crippen LogP contribution in [0.4, 0.5) is 10.1 Å². The predicted octanol–water partition coefficient (Wildman–Crippen LogP) is 1.58. The van der Waals surface area contributed by atoms with Gasteiger partial charge in [0.2, 0.25) is 0 Å². The van der Waals surface area contributed by atoms with Crippen LogP contribution in [0.25, 0.3) is 0 Å². The largest absolute Gasteiger partial charge is 0.486 e. The Morgan fingerprint density at radius 2 is 2.36 bits per heavy atom. The zero-order valence-corrected chi connectivity index (χ0v) is 7.70. The second-order valence-corrected chi connectivity index (χ2v) is 3.29. The highest BCUT2D eigenvalue weighted by Gasteiger charge is 2.18. The Hall–Kier alpha value is -1.29. The minimum atomic E-state index is -0.340. The number of anilines is 1. The first-order chi connectivity index (χ1) is 6.75. The van der Waals surface area contributed by atoms with Gasteiger partial charge >= 0.3 is 0 Å². The Kier molecular flexibility index (Phi) is 2.54. The van der Waals surface area contributed by atoms with Gasteiger partial charge in [-0.05, 0) is 12.1 Å². The van der Waals surface area contributed by atoms with Gasteiger partial charge in [0.25, 0.3) is 0 Å². The molecule has 0 radical (unpaired) electrons. The lowest BCUT2D eigenvalue weighted by Gasteiger charge is -2.13. The van der Waals surface area contributed by atoms with Gasteiger partial charge in [0.1, 0.15) is 17.7 Å². The lowest BCUT2D eigenvalue weighted by Crippen LogP contribution is -2.16. The lowest BCUT2D eigenvalue weighted by molar-refractivity contribution is 0.141. The molecule has 1 fully saturated rings. The van der Waals surface area contributed by atoms with Crippen molar-refractivity contribution in [3.05, 3.63) is 24.0 Å². The molecular formula is C10H12FNO2. The SMILES string of the molecule is Nc1ccc(F)cc1OC1CCOC1. The van der Waals surface area contributed by atoms with Crippen LogP contribution in [0.3, 0.4) is 0 Å². The summed E-state index contributed by atoms with van der Waals surface area (Å²) < 4.78 is 23.5. The minimum Gasteiger partial charge on any atom is -0.486 e. The van der Waals surface area contributed by atoms with E-state index in [0.717, 1.165) is 6.42 Å². The fourth-order valence-electron chi connectivity index (χ4n) is 1.40. The number of hydrogen-bond acceptors (Lipinski definition) is 3. The zero-order valence-electron chi connectivity index (χ0n) is 7.70. The molecule has 0 bridgehead atoms. The highest BCUT2D eigenvalue weighted by atomic mass is 19.1. The smallest absolute Gasteiger partial charge is 0.145 e. The normalized spacial score (nSPS) is 21.1. The van der Waals surface area contributed by atoms with Crippen molar-refractivity contribution in [1.29, 1.82) is 0 Å². The number of nitrogens with two attached hydrogens (primary N) is 1. The molecule has 3 nitrogen and oxygen atoms in total. The molecule has 1 saturated heterocycles. The molecule has 2 N–H and O–H groups in total. The van der Waals surface area contributed by atoms with Crippen molar-refractivity contribution in [2.24, 2.45) is 0 Å². The van der Waals surface area contributed by atoms with Crippen LogP contribution in [0.15, 0.2) is 18.2 Å². The first kappa shape index (κ1) is 9.27. The van der Waals surface area contributed by atoms with Gasteiger partial charge in [0, 0.05) is 12.5 Å². The molecule has 0 aliphatic carbocycles. The number of hydrogen-bond donors (Lipinski definition) is 1. The minimum absolute atomic E-state index is 0.000833. The Bertz CT molecular complexity index is 324. The number of rotatable bonds is 2. The van der Waals surface area contributed by atoms with Crippen LogP contribution >= 0.6 is 0 Å². The van der Waals surface area contributed by atoms with E-state index in [1.165, 1.54) is 18.2 Å². The molecule has 1 unspecified atom stereocenters. The van der Waals surface area contributed by atoms with E-state index in [4.69, 9.17) is 15.2 Å². The molecule has 1 aliphatic rings. The fraction of sp³-hybridized carbons (Fsp3) is 0.400. The van der Waals surface area contributed by atoms with Gasteiger partial charge in [-0.25, -0.2) is 4.39 Å². The summed E-state index contributed by atoms with van der Waals surface area (Å²) in [5.74, 6) is 0.0635. The maximum absolute atomic E-state index is 12.9. The van der Waals surface area contributed by atoms with Crippen molar-refractivity contribution in [3.63, 3.8) is 0 Å². The van der Waals surface area contributed by atoms with Gasteiger partial charge in [0.15, 0.2) is 0 Å². The quantitative estimate of drug-likeness (QED) is 0.732. The Labute approximate surface area is 81.6 Å². The van der Waals surface area contributed by atoms with E-state index in [-0.39, 0.29) is 11.9 Å². The Morgan fingerprint density at radius 3 is 3.07 bits per heavy atom. The van der Waals surface area contributed by atoms with Crippen LogP contribution in [-0.2, 0) is 4.74 Å². The van der Waals surface area contributed by atoms with Crippen molar-refractivity contribution in [2.75, 3.05) is 18.9 Å². The maximum atomic E-state index is 12.9. The van der Waals surface area contributed by atoms with E-state index in [1.54, 1.807) is 0 Å². The summed E-state index contributed by atoms with van der Waals surface area (Å²) in [6.45, 7) is 1.25. The molecular weight excluding hydrogens is 185 g/mol. The van der Waals surface area contributed by atoms with Crippen LogP contribution in [0.2, 0.25) is 0 Å². The summed E-state index contributed by atoms with van der Waals surface area (Å²) in [5.41, 5.74) is 6.09. The summed E-state index contributed by atoms with van der Waals surface area (Å²) in [7, 11) is 0. The number of benzene rings is 1. The van der Waals surface area contributed by atoms with Crippen LogP contribution in [0.1, 0.15) is 6.42 Å². The van der Waals surface area contributed by atoms with Gasteiger partial charge in [-0.2, -0.15) is 0 Å². The molecule has 14 heavy (non-hydrogen) atoms. The lowest BCUT2D eigenvalue weighted by atomic mass is 10.2. The molecule has 1 aromatic carbocycles. The molecule has 1 aliphatic heterocycles. The van der Waals surface area contributed by atoms with Crippen molar-refractivity contribution >= 4 is 5.69 Å². The molecule has 4 heteroatoms. The van der Waals surface area contributed by atoms with Gasteiger partial charge in [-0.3, -0.25) is 0 Å². The number of ether oxygens (including phenoxy) is 2. The predicted molar refractivity (Wildman–Crippen MR) is 50.7 cm³/mol. The van der Waals surface area contributed by atoms with Crippen molar-refractivity contribution in [3.8, 4) is 5.75 Å². The number of halogens is 1. The van der Waals surface area contributed by atoms with Crippen molar-refractivity contribution < 1.29 is 13.9 Å². The van der Waals surface area contributed by atoms with Crippen LogP contribution in [0, 0.1) is 5.82 Å². The van der Waals surface area contributed by atoms with E-state index in [0.29, 0.717) is 24.7 Å². The Morgan fingerprint density at radius 1 is 1.50 bits per heavy atom. The molecule has 0 spiro atoms. The average Bonchev–Trinajstić information content (AvgIpc) is 2.64. The molecule has 0 saturated carbocycles. The van der Waals surface area contributed by atoms with E-state index in [9.17, 15) is 4.39 Å². The molecule has 2 rings (SSSR count). The standard InChI is InChI=1S/C10H12FNO2/c11-7-1-2-9(12)10(5-7)14-8-3-4-13-6-8/h1-2,5,8H,3-4,6,12H2. The molecule has 1 atom stereocenters. The first-order valence-corrected chi connectivity index (χ1v) is 4.55. The summed E-state index contributed by atoms with van der Waals surface area (Å²) in [6, 6.07) is 4.11. The van der Waals surface area contributed by atoms with E-state index in [2.05, 4.69) is 0 Å². The van der Waals surface area contributed by atoms with Gasteiger partial charge in [-0.15, -0.1) is 0 Å². The third-order valence-corrected chi connectivity index (χ3v) is 2.16. The van der Waals surface area contributed by atoms with E-state index in [1.807, 2.05) is 0 Å². The maximum Gasteiger partial charge on any atom is 0.145 e. The van der Waals surface area contributed by atoms with Crippen molar-refractivity contribution in [1.82, 2.24) is 0 Å². The van der Waals surface area contributed by atoms with Gasteiger partial charge in [0.05, 0.1) is 18.9 Å². The van der Waals surface area contributed by atoms with Gasteiger partial charge in [-0.1, -0.05) is 0 Å². The molecule has 0 aromatic heterocycles. The number of nitrogen functional groups attached to an aromatic ring is 1. The summed E-state index contributed by atoms with van der Waals surface area (Å²) in [6.07, 6.45) is 0.828. The van der Waals surface area contributed by atoms with E-state index < -0.39 is 0 Å². The zero-order chi connectivity index (χ0) is 9.97. The van der Waals surface area contributed by atoms with Crippen LogP contribution in [-0.4, -0.2) is 19.3 Å². The monoisotopic (exact) mass is 197 g/mol.